The molecular formula is C14H19N5O2. The van der Waals surface area contributed by atoms with Crippen LogP contribution in [0.5, 0.6) is 0 Å². The fraction of sp³-hybridized carbons (Fsp3) is 0.500. The number of carbonyl (C=O) groups is 1. The lowest BCUT2D eigenvalue weighted by Crippen LogP contribution is -2.25. The van der Waals surface area contributed by atoms with Gasteiger partial charge < -0.3 is 5.11 Å². The zero-order valence-corrected chi connectivity index (χ0v) is 12.2. The molecule has 0 spiro atoms. The van der Waals surface area contributed by atoms with Gasteiger partial charge >= 0.3 is 5.97 Å². The van der Waals surface area contributed by atoms with Crippen molar-refractivity contribution in [3.05, 3.63) is 35.4 Å². The van der Waals surface area contributed by atoms with E-state index in [1.807, 2.05) is 26.0 Å². The molecule has 7 nitrogen and oxygen atoms in total. The zero-order valence-electron chi connectivity index (χ0n) is 12.2. The van der Waals surface area contributed by atoms with E-state index in [1.165, 1.54) is 0 Å². The molecule has 0 bridgehead atoms. The van der Waals surface area contributed by atoms with Gasteiger partial charge in [0.05, 0.1) is 5.92 Å². The van der Waals surface area contributed by atoms with Gasteiger partial charge in [0, 0.05) is 17.8 Å². The van der Waals surface area contributed by atoms with Crippen LogP contribution in [0.3, 0.4) is 0 Å². The summed E-state index contributed by atoms with van der Waals surface area (Å²) in [5, 5.41) is 23.3. The van der Waals surface area contributed by atoms with Gasteiger partial charge in [0.1, 0.15) is 0 Å². The standard InChI is InChI=1S/C14H19N5O2/c1-3-4-11(14(20)21)12(13-16-18-19-17-13)7-10-6-5-9(2)15-8-10/h5-6,8,11-12H,3-4,7H2,1-2H3,(H,20,21)(H,16,17,18,19)/t11-,12-/m0/s1. The molecule has 2 aromatic rings. The second-order valence-corrected chi connectivity index (χ2v) is 5.14. The van der Waals surface area contributed by atoms with Gasteiger partial charge in [0.25, 0.3) is 0 Å². The number of H-pyrrole nitrogens is 1. The average molecular weight is 289 g/mol. The molecule has 0 aliphatic heterocycles. The van der Waals surface area contributed by atoms with E-state index in [0.29, 0.717) is 18.7 Å². The Balaban J connectivity index is 2.27. The number of pyridine rings is 1. The molecule has 0 aliphatic rings. The third-order valence-electron chi connectivity index (χ3n) is 3.54. The van der Waals surface area contributed by atoms with Gasteiger partial charge in [-0.05, 0) is 41.8 Å². The highest BCUT2D eigenvalue weighted by atomic mass is 16.4. The monoisotopic (exact) mass is 289 g/mol. The number of carboxylic acids is 1. The van der Waals surface area contributed by atoms with Crippen LogP contribution in [-0.2, 0) is 11.2 Å². The molecule has 0 aromatic carbocycles. The van der Waals surface area contributed by atoms with E-state index in [-0.39, 0.29) is 5.92 Å². The zero-order chi connectivity index (χ0) is 15.2. The Morgan fingerprint density at radius 1 is 1.43 bits per heavy atom. The van der Waals surface area contributed by atoms with Crippen LogP contribution in [0.2, 0.25) is 0 Å². The summed E-state index contributed by atoms with van der Waals surface area (Å²) in [7, 11) is 0. The maximum absolute atomic E-state index is 11.6. The van der Waals surface area contributed by atoms with Crippen molar-refractivity contribution < 1.29 is 9.90 Å². The lowest BCUT2D eigenvalue weighted by molar-refractivity contribution is -0.142. The summed E-state index contributed by atoms with van der Waals surface area (Å²) in [6, 6.07) is 3.88. The van der Waals surface area contributed by atoms with E-state index in [4.69, 9.17) is 0 Å². The van der Waals surface area contributed by atoms with Gasteiger partial charge in [-0.1, -0.05) is 19.4 Å². The van der Waals surface area contributed by atoms with Crippen LogP contribution in [-0.4, -0.2) is 36.7 Å². The van der Waals surface area contributed by atoms with Gasteiger partial charge in [0.15, 0.2) is 5.82 Å². The summed E-state index contributed by atoms with van der Waals surface area (Å²) < 4.78 is 0. The van der Waals surface area contributed by atoms with Crippen LogP contribution >= 0.6 is 0 Å². The first-order valence-corrected chi connectivity index (χ1v) is 6.99. The molecule has 2 heterocycles. The first-order valence-electron chi connectivity index (χ1n) is 6.99. The lowest BCUT2D eigenvalue weighted by atomic mass is 9.83. The summed E-state index contributed by atoms with van der Waals surface area (Å²) in [6.07, 6.45) is 3.69. The third-order valence-corrected chi connectivity index (χ3v) is 3.54. The van der Waals surface area contributed by atoms with E-state index in [1.54, 1.807) is 6.20 Å². The number of aromatic nitrogens is 5. The Labute approximate surface area is 122 Å². The van der Waals surface area contributed by atoms with Crippen LogP contribution in [0.4, 0.5) is 0 Å². The number of rotatable bonds is 7. The summed E-state index contributed by atoms with van der Waals surface area (Å²) in [6.45, 7) is 3.89. The average Bonchev–Trinajstić information content (AvgIpc) is 2.98. The minimum atomic E-state index is -0.821. The van der Waals surface area contributed by atoms with Gasteiger partial charge in [-0.15, -0.1) is 5.10 Å². The number of nitrogens with zero attached hydrogens (tertiary/aromatic N) is 4. The second-order valence-electron chi connectivity index (χ2n) is 5.14. The molecule has 0 unspecified atom stereocenters. The fourth-order valence-electron chi connectivity index (χ4n) is 2.43. The Hall–Kier alpha value is -2.31. The predicted octanol–water partition coefficient (Wildman–Crippen LogP) is 1.73. The summed E-state index contributed by atoms with van der Waals surface area (Å²) in [5.74, 6) is -1.12. The van der Waals surface area contributed by atoms with Crippen LogP contribution in [0, 0.1) is 12.8 Å². The molecule has 21 heavy (non-hydrogen) atoms. The Bertz CT molecular complexity index is 568. The van der Waals surface area contributed by atoms with E-state index < -0.39 is 11.9 Å². The highest BCUT2D eigenvalue weighted by molar-refractivity contribution is 5.71. The molecule has 2 atom stereocenters. The Kier molecular flexibility index (Phi) is 4.97. The second kappa shape index (κ2) is 6.92. The van der Waals surface area contributed by atoms with Gasteiger partial charge in [0.2, 0.25) is 0 Å². The van der Waals surface area contributed by atoms with E-state index in [2.05, 4.69) is 25.6 Å². The van der Waals surface area contributed by atoms with Gasteiger partial charge in [-0.2, -0.15) is 0 Å². The summed E-state index contributed by atoms with van der Waals surface area (Å²) >= 11 is 0. The number of aryl methyl sites for hydroxylation is 1. The van der Waals surface area contributed by atoms with Crippen LogP contribution < -0.4 is 0 Å². The summed E-state index contributed by atoms with van der Waals surface area (Å²) in [4.78, 5) is 15.8. The molecule has 2 aromatic heterocycles. The number of aromatic amines is 1. The van der Waals surface area contributed by atoms with Crippen molar-refractivity contribution in [2.24, 2.45) is 5.92 Å². The molecule has 112 valence electrons. The molecule has 0 amide bonds. The number of aliphatic carboxylic acids is 1. The van der Waals surface area contributed by atoms with E-state index in [0.717, 1.165) is 17.7 Å². The highest BCUT2D eigenvalue weighted by Gasteiger charge is 2.31. The molecule has 0 aliphatic carbocycles. The third kappa shape index (κ3) is 3.84. The molecule has 0 fully saturated rings. The molecule has 0 radical (unpaired) electrons. The van der Waals surface area contributed by atoms with E-state index >= 15 is 0 Å². The van der Waals surface area contributed by atoms with Gasteiger partial charge in [-0.25, -0.2) is 5.10 Å². The highest BCUT2D eigenvalue weighted by Crippen LogP contribution is 2.29. The van der Waals surface area contributed by atoms with Crippen molar-refractivity contribution in [3.8, 4) is 0 Å². The lowest BCUT2D eigenvalue weighted by Gasteiger charge is -2.21. The van der Waals surface area contributed by atoms with Crippen molar-refractivity contribution in [1.29, 1.82) is 0 Å². The first-order chi connectivity index (χ1) is 10.1. The molecule has 0 saturated heterocycles. The molecule has 0 saturated carbocycles. The minimum Gasteiger partial charge on any atom is -0.481 e. The van der Waals surface area contributed by atoms with Crippen molar-refractivity contribution >= 4 is 5.97 Å². The molecule has 2 N–H and O–H groups in total. The van der Waals surface area contributed by atoms with Crippen LogP contribution in [0.15, 0.2) is 18.3 Å². The smallest absolute Gasteiger partial charge is 0.307 e. The fourth-order valence-corrected chi connectivity index (χ4v) is 2.43. The largest absolute Gasteiger partial charge is 0.481 e. The number of carboxylic acid groups (broad SMARTS) is 1. The quantitative estimate of drug-likeness (QED) is 0.804. The van der Waals surface area contributed by atoms with Crippen LogP contribution in [0.25, 0.3) is 0 Å². The maximum Gasteiger partial charge on any atom is 0.307 e. The van der Waals surface area contributed by atoms with Crippen molar-refractivity contribution in [2.45, 2.75) is 39.0 Å². The number of nitrogens with one attached hydrogen (secondary N) is 1. The molecule has 7 heteroatoms. The van der Waals surface area contributed by atoms with Crippen molar-refractivity contribution in [2.75, 3.05) is 0 Å². The molecule has 2 rings (SSSR count). The number of hydrogen-bond acceptors (Lipinski definition) is 5. The predicted molar refractivity (Wildman–Crippen MR) is 75.6 cm³/mol. The first kappa shape index (κ1) is 15.1. The Morgan fingerprint density at radius 3 is 2.76 bits per heavy atom. The minimum absolute atomic E-state index is 0.290. The van der Waals surface area contributed by atoms with Crippen LogP contribution in [0.1, 0.15) is 42.8 Å². The summed E-state index contributed by atoms with van der Waals surface area (Å²) in [5.41, 5.74) is 1.91. The van der Waals surface area contributed by atoms with Crippen molar-refractivity contribution in [3.63, 3.8) is 0 Å². The van der Waals surface area contributed by atoms with Crippen molar-refractivity contribution in [1.82, 2.24) is 25.6 Å². The van der Waals surface area contributed by atoms with E-state index in [9.17, 15) is 9.90 Å². The topological polar surface area (TPSA) is 105 Å². The normalized spacial score (nSPS) is 13.8. The Morgan fingerprint density at radius 2 is 2.24 bits per heavy atom. The van der Waals surface area contributed by atoms with Gasteiger partial charge in [-0.3, -0.25) is 9.78 Å². The molecular weight excluding hydrogens is 270 g/mol. The maximum atomic E-state index is 11.6. The number of hydrogen-bond donors (Lipinski definition) is 2. The SMILES string of the molecule is CCC[C@H](C(=O)O)[C@H](Cc1ccc(C)nc1)c1nnn[nH]1. The number of tetrazole rings is 1.